The van der Waals surface area contributed by atoms with E-state index in [4.69, 9.17) is 9.97 Å². The third-order valence-electron chi connectivity index (χ3n) is 10.9. The lowest BCUT2D eigenvalue weighted by molar-refractivity contribution is 0.643. The highest BCUT2D eigenvalue weighted by atomic mass is 15.2. The fraction of sp³-hybridized carbons (Fsp3) is 0.0667. The number of rotatable bonds is 2. The lowest BCUT2D eigenvalue weighted by Crippen LogP contribution is -2.24. The highest BCUT2D eigenvalue weighted by Crippen LogP contribution is 2.48. The number of hydrogen-bond donors (Lipinski definition) is 0. The van der Waals surface area contributed by atoms with Crippen LogP contribution in [-0.2, 0) is 5.41 Å². The molecule has 0 amide bonds. The molecular formula is C45H30N4. The van der Waals surface area contributed by atoms with Gasteiger partial charge in [-0.25, -0.2) is 9.97 Å². The first kappa shape index (κ1) is 26.8. The monoisotopic (exact) mass is 626 g/mol. The summed E-state index contributed by atoms with van der Waals surface area (Å²) in [6.07, 6.45) is 0. The molecule has 3 aromatic heterocycles. The molecule has 230 valence electrons. The predicted molar refractivity (Wildman–Crippen MR) is 203 cm³/mol. The quantitative estimate of drug-likeness (QED) is 0.191. The Hall–Kier alpha value is -6.26. The Bertz CT molecular complexity index is 3030. The zero-order valence-corrected chi connectivity index (χ0v) is 27.1. The van der Waals surface area contributed by atoms with Gasteiger partial charge in [-0.2, -0.15) is 0 Å². The van der Waals surface area contributed by atoms with E-state index in [-0.39, 0.29) is 5.41 Å². The average molecular weight is 627 g/mol. The second-order valence-electron chi connectivity index (χ2n) is 13.8. The number of para-hydroxylation sites is 2. The zero-order valence-electron chi connectivity index (χ0n) is 27.1. The van der Waals surface area contributed by atoms with E-state index in [9.17, 15) is 0 Å². The first-order valence-corrected chi connectivity index (χ1v) is 16.9. The van der Waals surface area contributed by atoms with Crippen molar-refractivity contribution in [2.75, 3.05) is 0 Å². The molecule has 49 heavy (non-hydrogen) atoms. The van der Waals surface area contributed by atoms with Gasteiger partial charge in [0.25, 0.3) is 0 Å². The van der Waals surface area contributed by atoms with Gasteiger partial charge >= 0.3 is 0 Å². The van der Waals surface area contributed by atoms with Crippen molar-refractivity contribution in [2.24, 2.45) is 0 Å². The SMILES string of the molecule is CC1(C)c2ccccc2-c2nc(-n3c4ccccc4c4c3ccc3c5ccccc5n(-c5ccc6ccccc6c5)c34)nc3cccc1c23. The van der Waals surface area contributed by atoms with E-state index >= 15 is 0 Å². The summed E-state index contributed by atoms with van der Waals surface area (Å²) in [5, 5.41) is 8.46. The van der Waals surface area contributed by atoms with Crippen LogP contribution in [0.2, 0.25) is 0 Å². The summed E-state index contributed by atoms with van der Waals surface area (Å²) in [6.45, 7) is 4.62. The van der Waals surface area contributed by atoms with Crippen molar-refractivity contribution in [1.29, 1.82) is 0 Å². The van der Waals surface area contributed by atoms with E-state index in [0.29, 0.717) is 5.95 Å². The molecule has 0 bridgehead atoms. The van der Waals surface area contributed by atoms with Crippen LogP contribution >= 0.6 is 0 Å². The number of fused-ring (bicyclic) bond motifs is 10. The van der Waals surface area contributed by atoms with Gasteiger partial charge in [0.2, 0.25) is 5.95 Å². The predicted octanol–water partition coefficient (Wildman–Crippen LogP) is 11.3. The first-order chi connectivity index (χ1) is 24.1. The summed E-state index contributed by atoms with van der Waals surface area (Å²) in [5.41, 5.74) is 11.3. The molecular weight excluding hydrogens is 597 g/mol. The van der Waals surface area contributed by atoms with Gasteiger partial charge in [-0.1, -0.05) is 123 Å². The summed E-state index contributed by atoms with van der Waals surface area (Å²) < 4.78 is 4.73. The second kappa shape index (κ2) is 9.42. The summed E-state index contributed by atoms with van der Waals surface area (Å²) in [6, 6.07) is 52.7. The summed E-state index contributed by atoms with van der Waals surface area (Å²) in [5.74, 6) is 0.688. The third-order valence-corrected chi connectivity index (χ3v) is 10.9. The van der Waals surface area contributed by atoms with Crippen molar-refractivity contribution < 1.29 is 0 Å². The van der Waals surface area contributed by atoms with Crippen LogP contribution in [0.4, 0.5) is 0 Å². The Kier molecular flexibility index (Phi) is 5.15. The van der Waals surface area contributed by atoms with Gasteiger partial charge in [0.1, 0.15) is 0 Å². The van der Waals surface area contributed by atoms with E-state index in [1.807, 2.05) is 0 Å². The molecule has 0 fully saturated rings. The van der Waals surface area contributed by atoms with Crippen LogP contribution < -0.4 is 0 Å². The van der Waals surface area contributed by atoms with Crippen LogP contribution in [-0.4, -0.2) is 19.1 Å². The summed E-state index contributed by atoms with van der Waals surface area (Å²) in [7, 11) is 0. The normalized spacial score (nSPS) is 13.7. The Morgan fingerprint density at radius 3 is 2.08 bits per heavy atom. The maximum Gasteiger partial charge on any atom is 0.235 e. The molecule has 0 atom stereocenters. The van der Waals surface area contributed by atoms with E-state index < -0.39 is 0 Å². The van der Waals surface area contributed by atoms with E-state index in [2.05, 4.69) is 169 Å². The third kappa shape index (κ3) is 3.47. The number of aromatic nitrogens is 4. The van der Waals surface area contributed by atoms with Crippen LogP contribution in [0, 0.1) is 0 Å². The minimum atomic E-state index is -0.150. The number of hydrogen-bond acceptors (Lipinski definition) is 2. The lowest BCUT2D eigenvalue weighted by Gasteiger charge is -2.34. The molecule has 0 radical (unpaired) electrons. The van der Waals surface area contributed by atoms with Gasteiger partial charge in [0.05, 0.1) is 33.3 Å². The fourth-order valence-electron chi connectivity index (χ4n) is 8.67. The molecule has 4 nitrogen and oxygen atoms in total. The molecule has 10 aromatic rings. The summed E-state index contributed by atoms with van der Waals surface area (Å²) >= 11 is 0. The van der Waals surface area contributed by atoms with Crippen molar-refractivity contribution in [1.82, 2.24) is 19.1 Å². The fourth-order valence-corrected chi connectivity index (χ4v) is 8.67. The van der Waals surface area contributed by atoms with Crippen molar-refractivity contribution in [2.45, 2.75) is 19.3 Å². The molecule has 0 saturated heterocycles. The van der Waals surface area contributed by atoms with Crippen LogP contribution in [0.1, 0.15) is 25.0 Å². The minimum Gasteiger partial charge on any atom is -0.309 e. The maximum absolute atomic E-state index is 5.46. The molecule has 0 saturated carbocycles. The van der Waals surface area contributed by atoms with Gasteiger partial charge in [0.15, 0.2) is 0 Å². The molecule has 0 aliphatic heterocycles. The zero-order chi connectivity index (χ0) is 32.4. The van der Waals surface area contributed by atoms with Gasteiger partial charge in [-0.15, -0.1) is 0 Å². The molecule has 0 N–H and O–H groups in total. The molecule has 4 heteroatoms. The van der Waals surface area contributed by atoms with Crippen molar-refractivity contribution in [3.8, 4) is 22.9 Å². The van der Waals surface area contributed by atoms with Crippen LogP contribution in [0.5, 0.6) is 0 Å². The smallest absolute Gasteiger partial charge is 0.235 e. The van der Waals surface area contributed by atoms with E-state index in [1.54, 1.807) is 0 Å². The largest absolute Gasteiger partial charge is 0.309 e. The molecule has 3 heterocycles. The van der Waals surface area contributed by atoms with Crippen LogP contribution in [0.3, 0.4) is 0 Å². The second-order valence-corrected chi connectivity index (χ2v) is 13.8. The molecule has 0 unspecified atom stereocenters. The Morgan fingerprint density at radius 2 is 1.20 bits per heavy atom. The van der Waals surface area contributed by atoms with Crippen molar-refractivity contribution >= 4 is 65.3 Å². The van der Waals surface area contributed by atoms with Gasteiger partial charge in [-0.3, -0.25) is 4.57 Å². The molecule has 7 aromatic carbocycles. The molecule has 0 spiro atoms. The Labute approximate surface area is 282 Å². The topological polar surface area (TPSA) is 35.6 Å². The van der Waals surface area contributed by atoms with Crippen molar-refractivity contribution in [3.05, 3.63) is 157 Å². The number of nitrogens with zero attached hydrogens (tertiary/aromatic N) is 4. The van der Waals surface area contributed by atoms with Gasteiger partial charge in [0, 0.05) is 43.6 Å². The van der Waals surface area contributed by atoms with Gasteiger partial charge in [-0.05, 0) is 58.3 Å². The molecule has 1 aliphatic carbocycles. The standard InChI is InChI=1S/C45H30N4/c1-45(2)34-17-8-5-15-32(34)42-41-35(45)18-11-19-36(41)46-44(47-42)49-38-21-10-7-16-33(38)40-39(49)25-24-31-30-14-6-9-20-37(30)48(43(31)40)29-23-22-27-12-3-4-13-28(27)26-29/h3-26H,1-2H3. The number of benzene rings is 7. The van der Waals surface area contributed by atoms with Crippen LogP contribution in [0.15, 0.2) is 146 Å². The highest BCUT2D eigenvalue weighted by molar-refractivity contribution is 6.26. The minimum absolute atomic E-state index is 0.150. The molecule has 1 aliphatic rings. The first-order valence-electron chi connectivity index (χ1n) is 16.9. The van der Waals surface area contributed by atoms with Gasteiger partial charge < -0.3 is 4.57 Å². The van der Waals surface area contributed by atoms with Crippen LogP contribution in [0.25, 0.3) is 88.2 Å². The van der Waals surface area contributed by atoms with E-state index in [0.717, 1.165) is 33.3 Å². The highest BCUT2D eigenvalue weighted by Gasteiger charge is 2.35. The molecule has 11 rings (SSSR count). The van der Waals surface area contributed by atoms with Crippen molar-refractivity contribution in [3.63, 3.8) is 0 Å². The lowest BCUT2D eigenvalue weighted by atomic mass is 9.70. The van der Waals surface area contributed by atoms with E-state index in [1.165, 1.54) is 60.0 Å². The maximum atomic E-state index is 5.46. The Balaban J connectivity index is 1.29. The Morgan fingerprint density at radius 1 is 0.490 bits per heavy atom. The summed E-state index contributed by atoms with van der Waals surface area (Å²) in [4.78, 5) is 10.8. The average Bonchev–Trinajstić information content (AvgIpc) is 3.66.